The predicted molar refractivity (Wildman–Crippen MR) is 81.1 cm³/mol. The molecule has 21 heavy (non-hydrogen) atoms. The van der Waals surface area contributed by atoms with Gasteiger partial charge in [0.1, 0.15) is 5.82 Å². The number of benzene rings is 1. The summed E-state index contributed by atoms with van der Waals surface area (Å²) in [4.78, 5) is 14.2. The zero-order valence-electron chi connectivity index (χ0n) is 12.6. The van der Waals surface area contributed by atoms with E-state index in [1.807, 2.05) is 6.92 Å². The number of aliphatic hydroxyl groups excluding tert-OH is 1. The van der Waals surface area contributed by atoms with Gasteiger partial charge >= 0.3 is 0 Å². The lowest BCUT2D eigenvalue weighted by Crippen LogP contribution is -2.48. The summed E-state index contributed by atoms with van der Waals surface area (Å²) in [5.74, 6) is -0.370. The highest BCUT2D eigenvalue weighted by Crippen LogP contribution is 2.22. The Hall–Kier alpha value is -1.68. The van der Waals surface area contributed by atoms with Crippen LogP contribution in [0.4, 0.5) is 4.39 Å². The Morgan fingerprint density at radius 1 is 1.38 bits per heavy atom. The molecule has 114 valence electrons. The smallest absolute Gasteiger partial charge is 0.247 e. The number of likely N-dealkylation sites (tertiary alicyclic amines) is 1. The van der Waals surface area contributed by atoms with E-state index in [0.29, 0.717) is 6.54 Å². The van der Waals surface area contributed by atoms with Crippen molar-refractivity contribution in [1.29, 1.82) is 0 Å². The van der Waals surface area contributed by atoms with Crippen LogP contribution in [0.15, 0.2) is 30.3 Å². The molecule has 1 N–H and O–H groups in total. The molecule has 1 aromatic carbocycles. The first-order valence-electron chi connectivity index (χ1n) is 7.42. The van der Waals surface area contributed by atoms with Crippen LogP contribution in [0.3, 0.4) is 0 Å². The van der Waals surface area contributed by atoms with Crippen LogP contribution in [-0.2, 0) is 4.79 Å². The molecule has 1 aliphatic rings. The van der Waals surface area contributed by atoms with Crippen LogP contribution in [0.1, 0.15) is 38.7 Å². The maximum absolute atomic E-state index is 12.9. The number of aliphatic hydroxyl groups is 1. The molecule has 0 radical (unpaired) electrons. The van der Waals surface area contributed by atoms with Crippen LogP contribution in [0.5, 0.6) is 0 Å². The lowest BCUT2D eigenvalue weighted by Gasteiger charge is -2.37. The van der Waals surface area contributed by atoms with Gasteiger partial charge in [-0.3, -0.25) is 4.79 Å². The van der Waals surface area contributed by atoms with E-state index in [-0.39, 0.29) is 17.8 Å². The summed E-state index contributed by atoms with van der Waals surface area (Å²) in [6.45, 7) is 4.25. The monoisotopic (exact) mass is 291 g/mol. The Morgan fingerprint density at radius 3 is 2.67 bits per heavy atom. The average molecular weight is 291 g/mol. The number of carbonyl (C=O) groups excluding carboxylic acids is 1. The molecule has 0 aliphatic carbocycles. The first-order valence-corrected chi connectivity index (χ1v) is 7.42. The third-order valence-electron chi connectivity index (χ3n) is 4.03. The van der Waals surface area contributed by atoms with E-state index >= 15 is 0 Å². The molecule has 1 amide bonds. The highest BCUT2D eigenvalue weighted by atomic mass is 19.1. The van der Waals surface area contributed by atoms with Crippen LogP contribution in [-0.4, -0.2) is 34.6 Å². The standard InChI is InChI=1S/C17H22FNO2/c1-12(14-6-8-15(18)9-7-14)11-17(21)19-10-4-3-5-16(19)13(2)20/h6-9,11,13,16,20H,3-5,10H2,1-2H3/b12-11-. The van der Waals surface area contributed by atoms with Crippen LogP contribution in [0.25, 0.3) is 5.57 Å². The molecule has 2 atom stereocenters. The molecule has 2 rings (SSSR count). The molecule has 1 aromatic rings. The largest absolute Gasteiger partial charge is 0.391 e. The fourth-order valence-electron chi connectivity index (χ4n) is 2.80. The van der Waals surface area contributed by atoms with Crippen LogP contribution in [0, 0.1) is 5.82 Å². The second-order valence-electron chi connectivity index (χ2n) is 5.67. The fourth-order valence-corrected chi connectivity index (χ4v) is 2.80. The molecular formula is C17H22FNO2. The van der Waals surface area contributed by atoms with Crippen molar-refractivity contribution < 1.29 is 14.3 Å². The van der Waals surface area contributed by atoms with Crippen molar-refractivity contribution in [2.24, 2.45) is 0 Å². The van der Waals surface area contributed by atoms with Gasteiger partial charge in [-0.05, 0) is 56.4 Å². The summed E-state index contributed by atoms with van der Waals surface area (Å²) in [5.41, 5.74) is 1.63. The van der Waals surface area contributed by atoms with Crippen molar-refractivity contribution in [3.63, 3.8) is 0 Å². The lowest BCUT2D eigenvalue weighted by atomic mass is 9.97. The van der Waals surface area contributed by atoms with Gasteiger partial charge in [-0.2, -0.15) is 0 Å². The summed E-state index contributed by atoms with van der Waals surface area (Å²) in [7, 11) is 0. The van der Waals surface area contributed by atoms with Crippen LogP contribution >= 0.6 is 0 Å². The van der Waals surface area contributed by atoms with Gasteiger partial charge in [0.2, 0.25) is 5.91 Å². The fraction of sp³-hybridized carbons (Fsp3) is 0.471. The van der Waals surface area contributed by atoms with Gasteiger partial charge in [-0.15, -0.1) is 0 Å². The lowest BCUT2D eigenvalue weighted by molar-refractivity contribution is -0.132. The van der Waals surface area contributed by atoms with Crippen molar-refractivity contribution in [3.8, 4) is 0 Å². The van der Waals surface area contributed by atoms with Gasteiger partial charge in [0, 0.05) is 12.6 Å². The highest BCUT2D eigenvalue weighted by Gasteiger charge is 2.28. The second kappa shape index (κ2) is 6.85. The van der Waals surface area contributed by atoms with Gasteiger partial charge in [-0.1, -0.05) is 12.1 Å². The van der Waals surface area contributed by atoms with Gasteiger partial charge in [0.25, 0.3) is 0 Å². The van der Waals surface area contributed by atoms with Crippen molar-refractivity contribution in [1.82, 2.24) is 4.90 Å². The quantitative estimate of drug-likeness (QED) is 0.870. The number of nitrogens with zero attached hydrogens (tertiary/aromatic N) is 1. The minimum Gasteiger partial charge on any atom is -0.391 e. The molecule has 1 fully saturated rings. The van der Waals surface area contributed by atoms with Crippen LogP contribution < -0.4 is 0 Å². The van der Waals surface area contributed by atoms with Crippen molar-refractivity contribution in [2.75, 3.05) is 6.54 Å². The van der Waals surface area contributed by atoms with Crippen molar-refractivity contribution in [3.05, 3.63) is 41.7 Å². The number of allylic oxidation sites excluding steroid dienone is 1. The van der Waals surface area contributed by atoms with E-state index in [2.05, 4.69) is 0 Å². The van der Waals surface area contributed by atoms with Crippen molar-refractivity contribution in [2.45, 2.75) is 45.3 Å². The third-order valence-corrected chi connectivity index (χ3v) is 4.03. The third kappa shape index (κ3) is 3.91. The summed E-state index contributed by atoms with van der Waals surface area (Å²) in [6, 6.07) is 5.99. The molecule has 0 spiro atoms. The molecule has 0 aromatic heterocycles. The minimum absolute atomic E-state index is 0.0811. The zero-order valence-corrected chi connectivity index (χ0v) is 12.6. The van der Waals surface area contributed by atoms with E-state index < -0.39 is 6.10 Å². The molecule has 0 bridgehead atoms. The predicted octanol–water partition coefficient (Wildman–Crippen LogP) is 2.99. The number of hydrogen-bond acceptors (Lipinski definition) is 2. The maximum atomic E-state index is 12.9. The van der Waals surface area contributed by atoms with E-state index in [4.69, 9.17) is 0 Å². The van der Waals surface area contributed by atoms with Gasteiger partial charge in [0.05, 0.1) is 12.1 Å². The first-order chi connectivity index (χ1) is 9.99. The zero-order chi connectivity index (χ0) is 15.4. The van der Waals surface area contributed by atoms with Gasteiger partial charge in [-0.25, -0.2) is 4.39 Å². The molecular weight excluding hydrogens is 269 g/mol. The summed E-state index contributed by atoms with van der Waals surface area (Å²) >= 11 is 0. The molecule has 1 saturated heterocycles. The molecule has 2 unspecified atom stereocenters. The number of piperidine rings is 1. The van der Waals surface area contributed by atoms with E-state index in [1.165, 1.54) is 12.1 Å². The average Bonchev–Trinajstić information content (AvgIpc) is 2.47. The molecule has 1 heterocycles. The van der Waals surface area contributed by atoms with Gasteiger partial charge < -0.3 is 10.0 Å². The van der Waals surface area contributed by atoms with E-state index in [1.54, 1.807) is 30.0 Å². The topological polar surface area (TPSA) is 40.5 Å². The Balaban J connectivity index is 2.14. The second-order valence-corrected chi connectivity index (χ2v) is 5.67. The number of halogens is 1. The van der Waals surface area contributed by atoms with Crippen LogP contribution in [0.2, 0.25) is 0 Å². The van der Waals surface area contributed by atoms with Crippen molar-refractivity contribution >= 4 is 11.5 Å². The molecule has 1 aliphatic heterocycles. The Morgan fingerprint density at radius 2 is 2.05 bits per heavy atom. The first kappa shape index (κ1) is 15.7. The Kier molecular flexibility index (Phi) is 5.12. The van der Waals surface area contributed by atoms with E-state index in [0.717, 1.165) is 30.4 Å². The molecule has 3 nitrogen and oxygen atoms in total. The summed E-state index contributed by atoms with van der Waals surface area (Å²) < 4.78 is 12.9. The number of amides is 1. The normalized spacial score (nSPS) is 21.2. The molecule has 4 heteroatoms. The molecule has 0 saturated carbocycles. The van der Waals surface area contributed by atoms with E-state index in [9.17, 15) is 14.3 Å². The number of hydrogen-bond donors (Lipinski definition) is 1. The number of carbonyl (C=O) groups is 1. The maximum Gasteiger partial charge on any atom is 0.247 e. The number of rotatable bonds is 3. The summed E-state index contributed by atoms with van der Waals surface area (Å²) in [5, 5.41) is 9.82. The SMILES string of the molecule is C/C(=C/C(=O)N1CCCCC1C(C)O)c1ccc(F)cc1. The van der Waals surface area contributed by atoms with Gasteiger partial charge in [0.15, 0.2) is 0 Å². The highest BCUT2D eigenvalue weighted by molar-refractivity contribution is 5.95. The Bertz CT molecular complexity index is 522. The summed E-state index contributed by atoms with van der Waals surface area (Å²) in [6.07, 6.45) is 3.91. The minimum atomic E-state index is -0.520. The Labute approximate surface area is 125 Å².